The monoisotopic (exact) mass is 271 g/mol. The molecule has 0 unspecified atom stereocenters. The summed E-state index contributed by atoms with van der Waals surface area (Å²) in [7, 11) is 0. The molecule has 2 aromatic rings. The maximum absolute atomic E-state index is 5.67. The molecule has 1 aromatic heterocycles. The molecule has 0 radical (unpaired) electrons. The second-order valence-corrected chi connectivity index (χ2v) is 4.77. The summed E-state index contributed by atoms with van der Waals surface area (Å²) in [5.74, 6) is 0.748. The van der Waals surface area contributed by atoms with E-state index in [0.29, 0.717) is 0 Å². The van der Waals surface area contributed by atoms with E-state index in [2.05, 4.69) is 41.4 Å². The SMILES string of the molecule is ClCCCC/C=C/c1ccccc1-c1ccccn1. The van der Waals surface area contributed by atoms with E-state index in [4.69, 9.17) is 11.6 Å². The van der Waals surface area contributed by atoms with Crippen LogP contribution in [0.1, 0.15) is 24.8 Å². The number of nitrogens with zero attached hydrogens (tertiary/aromatic N) is 1. The summed E-state index contributed by atoms with van der Waals surface area (Å²) >= 11 is 5.67. The van der Waals surface area contributed by atoms with Crippen molar-refractivity contribution in [3.63, 3.8) is 0 Å². The third-order valence-electron chi connectivity index (χ3n) is 2.95. The van der Waals surface area contributed by atoms with Crippen LogP contribution in [-0.4, -0.2) is 10.9 Å². The molecule has 1 heterocycles. The van der Waals surface area contributed by atoms with Gasteiger partial charge in [0.1, 0.15) is 0 Å². The van der Waals surface area contributed by atoms with Gasteiger partial charge in [0.25, 0.3) is 0 Å². The van der Waals surface area contributed by atoms with Crippen LogP contribution in [0.4, 0.5) is 0 Å². The Hall–Kier alpha value is -1.60. The van der Waals surface area contributed by atoms with Crippen molar-refractivity contribution >= 4 is 17.7 Å². The van der Waals surface area contributed by atoms with Gasteiger partial charge in [-0.05, 0) is 37.0 Å². The normalized spacial score (nSPS) is 11.0. The largest absolute Gasteiger partial charge is 0.256 e. The molecule has 0 spiro atoms. The first-order chi connectivity index (χ1) is 9.42. The lowest BCUT2D eigenvalue weighted by atomic mass is 10.0. The second kappa shape index (κ2) is 7.75. The molecule has 0 aliphatic heterocycles. The number of aromatic nitrogens is 1. The summed E-state index contributed by atoms with van der Waals surface area (Å²) in [4.78, 5) is 4.42. The van der Waals surface area contributed by atoms with Crippen molar-refractivity contribution in [2.24, 2.45) is 0 Å². The van der Waals surface area contributed by atoms with E-state index >= 15 is 0 Å². The molecule has 0 bridgehead atoms. The Bertz CT molecular complexity index is 520. The lowest BCUT2D eigenvalue weighted by Crippen LogP contribution is -1.85. The molecule has 19 heavy (non-hydrogen) atoms. The number of hydrogen-bond acceptors (Lipinski definition) is 1. The van der Waals surface area contributed by atoms with Gasteiger partial charge < -0.3 is 0 Å². The summed E-state index contributed by atoms with van der Waals surface area (Å²) in [6.45, 7) is 0. The molecule has 98 valence electrons. The van der Waals surface area contributed by atoms with Crippen LogP contribution in [0.2, 0.25) is 0 Å². The lowest BCUT2D eigenvalue weighted by molar-refractivity contribution is 0.822. The third kappa shape index (κ3) is 4.22. The van der Waals surface area contributed by atoms with Gasteiger partial charge in [-0.15, -0.1) is 11.6 Å². The zero-order chi connectivity index (χ0) is 13.3. The topological polar surface area (TPSA) is 12.9 Å². The molecule has 0 aliphatic carbocycles. The Balaban J connectivity index is 2.13. The minimum atomic E-state index is 0.748. The molecule has 2 heteroatoms. The molecule has 2 rings (SSSR count). The van der Waals surface area contributed by atoms with E-state index in [1.54, 1.807) is 0 Å². The van der Waals surface area contributed by atoms with Gasteiger partial charge in [0.05, 0.1) is 5.69 Å². The van der Waals surface area contributed by atoms with Gasteiger partial charge in [-0.1, -0.05) is 42.5 Å². The van der Waals surface area contributed by atoms with Gasteiger partial charge >= 0.3 is 0 Å². The van der Waals surface area contributed by atoms with Crippen LogP contribution >= 0.6 is 11.6 Å². The molecule has 0 aliphatic rings. The summed E-state index contributed by atoms with van der Waals surface area (Å²) < 4.78 is 0. The minimum Gasteiger partial charge on any atom is -0.256 e. The molecule has 0 fully saturated rings. The third-order valence-corrected chi connectivity index (χ3v) is 3.22. The van der Waals surface area contributed by atoms with E-state index in [-0.39, 0.29) is 0 Å². The van der Waals surface area contributed by atoms with Gasteiger partial charge in [0.15, 0.2) is 0 Å². The van der Waals surface area contributed by atoms with Crippen LogP contribution in [-0.2, 0) is 0 Å². The van der Waals surface area contributed by atoms with Crippen molar-refractivity contribution < 1.29 is 0 Å². The Kier molecular flexibility index (Phi) is 5.64. The maximum Gasteiger partial charge on any atom is 0.0707 e. The molecular weight excluding hydrogens is 254 g/mol. The van der Waals surface area contributed by atoms with Crippen LogP contribution in [0.5, 0.6) is 0 Å². The van der Waals surface area contributed by atoms with E-state index < -0.39 is 0 Å². The first kappa shape index (κ1) is 13.8. The van der Waals surface area contributed by atoms with Crippen LogP contribution < -0.4 is 0 Å². The lowest BCUT2D eigenvalue weighted by Gasteiger charge is -2.04. The van der Waals surface area contributed by atoms with Crippen molar-refractivity contribution in [1.82, 2.24) is 4.98 Å². The van der Waals surface area contributed by atoms with Crippen molar-refractivity contribution in [3.05, 3.63) is 60.3 Å². The highest BCUT2D eigenvalue weighted by molar-refractivity contribution is 6.17. The predicted octanol–water partition coefficient (Wildman–Crippen LogP) is 5.17. The van der Waals surface area contributed by atoms with Gasteiger partial charge in [0, 0.05) is 17.6 Å². The zero-order valence-corrected chi connectivity index (χ0v) is 11.7. The highest BCUT2D eigenvalue weighted by Gasteiger charge is 2.01. The molecule has 0 saturated carbocycles. The summed E-state index contributed by atoms with van der Waals surface area (Å²) in [6.07, 6.45) is 9.52. The molecule has 0 amide bonds. The quantitative estimate of drug-likeness (QED) is 0.522. The summed E-state index contributed by atoms with van der Waals surface area (Å²) in [5, 5.41) is 0. The fourth-order valence-electron chi connectivity index (χ4n) is 1.96. The van der Waals surface area contributed by atoms with Crippen LogP contribution in [0.25, 0.3) is 17.3 Å². The average Bonchev–Trinajstić information content (AvgIpc) is 2.48. The minimum absolute atomic E-state index is 0.748. The van der Waals surface area contributed by atoms with Crippen molar-refractivity contribution in [2.75, 3.05) is 5.88 Å². The smallest absolute Gasteiger partial charge is 0.0707 e. The van der Waals surface area contributed by atoms with E-state index in [0.717, 1.165) is 30.8 Å². The molecule has 1 aromatic carbocycles. The maximum atomic E-state index is 5.67. The average molecular weight is 272 g/mol. The number of alkyl halides is 1. The molecule has 1 nitrogen and oxygen atoms in total. The Morgan fingerprint density at radius 1 is 1.00 bits per heavy atom. The number of unbranched alkanes of at least 4 members (excludes halogenated alkanes) is 2. The number of benzene rings is 1. The first-order valence-corrected chi connectivity index (χ1v) is 7.18. The molecule has 0 atom stereocenters. The van der Waals surface area contributed by atoms with Crippen molar-refractivity contribution in [3.8, 4) is 11.3 Å². The second-order valence-electron chi connectivity index (χ2n) is 4.39. The standard InChI is InChI=1S/C17H18ClN/c18-13-7-2-1-3-9-15-10-4-5-11-16(15)17-12-6-8-14-19-17/h3-6,8-12,14H,1-2,7,13H2/b9-3+. The predicted molar refractivity (Wildman–Crippen MR) is 83.3 cm³/mol. The number of halogens is 1. The number of hydrogen-bond donors (Lipinski definition) is 0. The van der Waals surface area contributed by atoms with Gasteiger partial charge in [0.2, 0.25) is 0 Å². The van der Waals surface area contributed by atoms with E-state index in [9.17, 15) is 0 Å². The Morgan fingerprint density at radius 2 is 1.84 bits per heavy atom. The Morgan fingerprint density at radius 3 is 2.63 bits per heavy atom. The fourth-order valence-corrected chi connectivity index (χ4v) is 2.15. The summed E-state index contributed by atoms with van der Waals surface area (Å²) in [6, 6.07) is 14.3. The molecule has 0 N–H and O–H groups in total. The first-order valence-electron chi connectivity index (χ1n) is 6.65. The van der Waals surface area contributed by atoms with Crippen molar-refractivity contribution in [1.29, 1.82) is 0 Å². The van der Waals surface area contributed by atoms with Crippen molar-refractivity contribution in [2.45, 2.75) is 19.3 Å². The summed E-state index contributed by atoms with van der Waals surface area (Å²) in [5.41, 5.74) is 3.41. The van der Waals surface area contributed by atoms with Gasteiger partial charge in [-0.2, -0.15) is 0 Å². The fraction of sp³-hybridized carbons (Fsp3) is 0.235. The molecule has 0 saturated heterocycles. The van der Waals surface area contributed by atoms with Gasteiger partial charge in [-0.3, -0.25) is 4.98 Å². The molecular formula is C17H18ClN. The number of rotatable bonds is 6. The number of allylic oxidation sites excluding steroid dienone is 1. The number of pyridine rings is 1. The van der Waals surface area contributed by atoms with E-state index in [1.807, 2.05) is 24.4 Å². The van der Waals surface area contributed by atoms with Crippen LogP contribution in [0.3, 0.4) is 0 Å². The van der Waals surface area contributed by atoms with Crippen LogP contribution in [0.15, 0.2) is 54.7 Å². The zero-order valence-electron chi connectivity index (χ0n) is 10.9. The highest BCUT2D eigenvalue weighted by Crippen LogP contribution is 2.22. The van der Waals surface area contributed by atoms with E-state index in [1.165, 1.54) is 11.1 Å². The Labute approximate surface area is 120 Å². The highest BCUT2D eigenvalue weighted by atomic mass is 35.5. The van der Waals surface area contributed by atoms with Crippen LogP contribution in [0, 0.1) is 0 Å². The van der Waals surface area contributed by atoms with Gasteiger partial charge in [-0.25, -0.2) is 0 Å².